The highest BCUT2D eigenvalue weighted by Crippen LogP contribution is 2.07. The number of carboxylic acids is 1. The summed E-state index contributed by atoms with van der Waals surface area (Å²) in [6.45, 7) is 4.69. The third-order valence-electron chi connectivity index (χ3n) is 3.18. The van der Waals surface area contributed by atoms with Gasteiger partial charge in [-0.05, 0) is 19.9 Å². The summed E-state index contributed by atoms with van der Waals surface area (Å²) in [5.74, 6) is -1.41. The van der Waals surface area contributed by atoms with E-state index in [4.69, 9.17) is 5.11 Å². The van der Waals surface area contributed by atoms with Crippen molar-refractivity contribution in [2.45, 2.75) is 33.5 Å². The molecule has 8 heteroatoms. The van der Waals surface area contributed by atoms with Crippen LogP contribution in [0.1, 0.15) is 28.7 Å². The Morgan fingerprint density at radius 1 is 1.33 bits per heavy atom. The van der Waals surface area contributed by atoms with Crippen LogP contribution in [0, 0.1) is 6.92 Å². The van der Waals surface area contributed by atoms with Gasteiger partial charge in [-0.25, -0.2) is 4.68 Å². The molecule has 0 atom stereocenters. The van der Waals surface area contributed by atoms with Gasteiger partial charge in [-0.3, -0.25) is 14.3 Å². The molecular formula is C13H17N5O3. The van der Waals surface area contributed by atoms with Crippen LogP contribution in [0.4, 0.5) is 0 Å². The Hall–Kier alpha value is -2.64. The molecule has 1 amide bonds. The Balaban J connectivity index is 2.03. The van der Waals surface area contributed by atoms with E-state index in [0.717, 1.165) is 22.5 Å². The monoisotopic (exact) mass is 291 g/mol. The van der Waals surface area contributed by atoms with Gasteiger partial charge in [0.1, 0.15) is 12.2 Å². The van der Waals surface area contributed by atoms with Crippen LogP contribution in [0.15, 0.2) is 18.5 Å². The second-order valence-corrected chi connectivity index (χ2v) is 4.52. The fraction of sp³-hybridized carbons (Fsp3) is 0.385. The number of carbonyl (C=O) groups is 2. The standard InChI is InChI=1S/C13H17N5O3/c1-3-17-9(2)10(7-16-17)6-14-13(21)11-4-5-15-18(11)8-12(19)20/h4-5,7H,3,6,8H2,1-2H3,(H,14,21)(H,19,20). The normalized spacial score (nSPS) is 10.6. The molecule has 2 aromatic rings. The molecule has 0 unspecified atom stereocenters. The van der Waals surface area contributed by atoms with Gasteiger partial charge in [0.2, 0.25) is 0 Å². The van der Waals surface area contributed by atoms with E-state index >= 15 is 0 Å². The van der Waals surface area contributed by atoms with Gasteiger partial charge in [0.15, 0.2) is 0 Å². The maximum absolute atomic E-state index is 12.1. The predicted octanol–water partition coefficient (Wildman–Crippen LogP) is 0.423. The highest BCUT2D eigenvalue weighted by molar-refractivity contribution is 5.92. The number of carboxylic acid groups (broad SMARTS) is 1. The summed E-state index contributed by atoms with van der Waals surface area (Å²) in [6.07, 6.45) is 3.12. The second-order valence-electron chi connectivity index (χ2n) is 4.52. The third kappa shape index (κ3) is 3.28. The molecule has 0 saturated carbocycles. The van der Waals surface area contributed by atoms with Crippen molar-refractivity contribution in [1.29, 1.82) is 0 Å². The molecule has 0 bridgehead atoms. The molecule has 2 aromatic heterocycles. The number of hydrogen-bond donors (Lipinski definition) is 2. The Morgan fingerprint density at radius 3 is 2.71 bits per heavy atom. The molecule has 0 aliphatic carbocycles. The maximum atomic E-state index is 12.1. The molecule has 0 aliphatic rings. The first-order chi connectivity index (χ1) is 10.0. The molecule has 0 aliphatic heterocycles. The summed E-state index contributed by atoms with van der Waals surface area (Å²) in [4.78, 5) is 22.8. The van der Waals surface area contributed by atoms with Crippen molar-refractivity contribution in [3.63, 3.8) is 0 Å². The van der Waals surface area contributed by atoms with Crippen LogP contribution in [0.3, 0.4) is 0 Å². The van der Waals surface area contributed by atoms with Crippen LogP contribution >= 0.6 is 0 Å². The van der Waals surface area contributed by atoms with Crippen LogP contribution in [-0.4, -0.2) is 36.5 Å². The van der Waals surface area contributed by atoms with Crippen molar-refractivity contribution in [3.05, 3.63) is 35.4 Å². The minimum Gasteiger partial charge on any atom is -0.480 e. The van der Waals surface area contributed by atoms with E-state index in [0.29, 0.717) is 6.54 Å². The van der Waals surface area contributed by atoms with Gasteiger partial charge in [0.25, 0.3) is 5.91 Å². The largest absolute Gasteiger partial charge is 0.480 e. The summed E-state index contributed by atoms with van der Waals surface area (Å²) in [7, 11) is 0. The molecule has 8 nitrogen and oxygen atoms in total. The number of aryl methyl sites for hydroxylation is 1. The first-order valence-corrected chi connectivity index (χ1v) is 6.56. The van der Waals surface area contributed by atoms with Crippen molar-refractivity contribution in [1.82, 2.24) is 24.9 Å². The van der Waals surface area contributed by atoms with Gasteiger partial charge in [-0.2, -0.15) is 10.2 Å². The van der Waals surface area contributed by atoms with E-state index in [1.54, 1.807) is 6.20 Å². The van der Waals surface area contributed by atoms with Crippen molar-refractivity contribution in [3.8, 4) is 0 Å². The lowest BCUT2D eigenvalue weighted by Crippen LogP contribution is -2.27. The van der Waals surface area contributed by atoms with E-state index in [2.05, 4.69) is 15.5 Å². The molecule has 0 aromatic carbocycles. The van der Waals surface area contributed by atoms with Crippen LogP contribution in [-0.2, 0) is 24.4 Å². The van der Waals surface area contributed by atoms with Crippen molar-refractivity contribution >= 4 is 11.9 Å². The topological polar surface area (TPSA) is 102 Å². The zero-order valence-corrected chi connectivity index (χ0v) is 11.9. The Morgan fingerprint density at radius 2 is 2.10 bits per heavy atom. The lowest BCUT2D eigenvalue weighted by atomic mass is 10.2. The first kappa shape index (κ1) is 14.8. The second kappa shape index (κ2) is 6.21. The van der Waals surface area contributed by atoms with E-state index in [1.807, 2.05) is 18.5 Å². The number of carbonyl (C=O) groups excluding carboxylic acids is 1. The summed E-state index contributed by atoms with van der Waals surface area (Å²) in [5.41, 5.74) is 2.14. The highest BCUT2D eigenvalue weighted by atomic mass is 16.4. The average molecular weight is 291 g/mol. The quantitative estimate of drug-likeness (QED) is 0.803. The van der Waals surface area contributed by atoms with Gasteiger partial charge >= 0.3 is 5.97 Å². The number of aliphatic carboxylic acids is 1. The van der Waals surface area contributed by atoms with Gasteiger partial charge in [-0.1, -0.05) is 0 Å². The van der Waals surface area contributed by atoms with Crippen LogP contribution < -0.4 is 5.32 Å². The van der Waals surface area contributed by atoms with Crippen LogP contribution in [0.25, 0.3) is 0 Å². The lowest BCUT2D eigenvalue weighted by molar-refractivity contribution is -0.137. The maximum Gasteiger partial charge on any atom is 0.325 e. The first-order valence-electron chi connectivity index (χ1n) is 6.56. The molecule has 0 fully saturated rings. The Bertz CT molecular complexity index is 659. The minimum atomic E-state index is -1.05. The molecule has 21 heavy (non-hydrogen) atoms. The molecule has 2 rings (SSSR count). The van der Waals surface area contributed by atoms with E-state index in [-0.39, 0.29) is 18.1 Å². The molecule has 112 valence electrons. The number of nitrogens with one attached hydrogen (secondary N) is 1. The lowest BCUT2D eigenvalue weighted by Gasteiger charge is -2.07. The van der Waals surface area contributed by atoms with Crippen molar-refractivity contribution < 1.29 is 14.7 Å². The fourth-order valence-corrected chi connectivity index (χ4v) is 2.02. The fourth-order valence-electron chi connectivity index (χ4n) is 2.02. The predicted molar refractivity (Wildman–Crippen MR) is 73.7 cm³/mol. The minimum absolute atomic E-state index is 0.220. The number of nitrogens with zero attached hydrogens (tertiary/aromatic N) is 4. The number of aromatic nitrogens is 4. The molecule has 0 radical (unpaired) electrons. The summed E-state index contributed by atoms with van der Waals surface area (Å²) < 4.78 is 3.00. The molecule has 0 spiro atoms. The summed E-state index contributed by atoms with van der Waals surface area (Å²) >= 11 is 0. The van der Waals surface area contributed by atoms with Gasteiger partial charge in [0, 0.05) is 30.5 Å². The Labute approximate surface area is 121 Å². The van der Waals surface area contributed by atoms with E-state index in [1.165, 1.54) is 12.3 Å². The van der Waals surface area contributed by atoms with Gasteiger partial charge in [0.05, 0.1) is 6.20 Å². The molecule has 0 saturated heterocycles. The number of rotatable bonds is 6. The SMILES string of the molecule is CCn1ncc(CNC(=O)c2ccnn2CC(=O)O)c1C. The van der Waals surface area contributed by atoms with Gasteiger partial charge in [-0.15, -0.1) is 0 Å². The summed E-state index contributed by atoms with van der Waals surface area (Å²) in [5, 5.41) is 19.5. The van der Waals surface area contributed by atoms with Crippen molar-refractivity contribution in [2.75, 3.05) is 0 Å². The van der Waals surface area contributed by atoms with E-state index in [9.17, 15) is 9.59 Å². The molecule has 2 N–H and O–H groups in total. The third-order valence-corrected chi connectivity index (χ3v) is 3.18. The zero-order chi connectivity index (χ0) is 15.4. The van der Waals surface area contributed by atoms with Crippen molar-refractivity contribution in [2.24, 2.45) is 0 Å². The number of amides is 1. The zero-order valence-electron chi connectivity index (χ0n) is 11.9. The molecular weight excluding hydrogens is 274 g/mol. The molecule has 2 heterocycles. The van der Waals surface area contributed by atoms with E-state index < -0.39 is 5.97 Å². The highest BCUT2D eigenvalue weighted by Gasteiger charge is 2.14. The smallest absolute Gasteiger partial charge is 0.325 e. The Kier molecular flexibility index (Phi) is 4.36. The number of hydrogen-bond acceptors (Lipinski definition) is 4. The van der Waals surface area contributed by atoms with Gasteiger partial charge < -0.3 is 10.4 Å². The summed E-state index contributed by atoms with van der Waals surface area (Å²) in [6, 6.07) is 1.49. The van der Waals surface area contributed by atoms with Crippen LogP contribution in [0.5, 0.6) is 0 Å². The van der Waals surface area contributed by atoms with Crippen LogP contribution in [0.2, 0.25) is 0 Å². The average Bonchev–Trinajstić information content (AvgIpc) is 3.02.